The number of carbonyl (C=O) groups is 1. The molecule has 0 bridgehead atoms. The van der Waals surface area contributed by atoms with E-state index in [1.165, 1.54) is 54.4 Å². The number of aromatic carboxylic acids is 1. The number of carboxylic acid groups (broad SMARTS) is 1. The molecule has 0 aliphatic rings. The molecule has 9 heteroatoms. The zero-order valence-electron chi connectivity index (χ0n) is 10.3. The van der Waals surface area contributed by atoms with Crippen LogP contribution in [0.25, 0.3) is 0 Å². The second-order valence-corrected chi connectivity index (χ2v) is 4.91. The van der Waals surface area contributed by atoms with E-state index in [0.29, 0.717) is 9.92 Å². The second kappa shape index (κ2) is 7.87. The van der Waals surface area contributed by atoms with Crippen molar-refractivity contribution in [2.24, 2.45) is 0 Å². The number of pyridine rings is 1. The zero-order valence-corrected chi connectivity index (χ0v) is 11.1. The van der Waals surface area contributed by atoms with E-state index < -0.39 is 12.3 Å². The summed E-state index contributed by atoms with van der Waals surface area (Å²) in [5.74, 6) is -1.38. The fourth-order valence-electron chi connectivity index (χ4n) is 1.40. The molecule has 2 rings (SSSR count). The molecule has 112 valence electrons. The van der Waals surface area contributed by atoms with Crippen LogP contribution in [0, 0.1) is 0 Å². The summed E-state index contributed by atoms with van der Waals surface area (Å²) in [6.45, 7) is 0. The van der Waals surface area contributed by atoms with Gasteiger partial charge in [-0.2, -0.15) is 0 Å². The van der Waals surface area contributed by atoms with Gasteiger partial charge in [-0.15, -0.1) is 13.2 Å². The summed E-state index contributed by atoms with van der Waals surface area (Å²) in [4.78, 5) is 15.3. The second-order valence-electron chi connectivity index (χ2n) is 3.81. The van der Waals surface area contributed by atoms with E-state index in [-0.39, 0.29) is 40.9 Å². The van der Waals surface area contributed by atoms with Gasteiger partial charge in [-0.1, -0.05) is 11.8 Å². The van der Waals surface area contributed by atoms with Gasteiger partial charge in [-0.3, -0.25) is 0 Å². The quantitative estimate of drug-likeness (QED) is 0.867. The molecule has 4 nitrogen and oxygen atoms in total. The molecule has 0 radical (unpaired) electrons. The molecular formula is C13H9F3NNaO3S. The Bertz CT molecular complexity index is 632. The van der Waals surface area contributed by atoms with Gasteiger partial charge in [0, 0.05) is 11.1 Å². The Morgan fingerprint density at radius 3 is 2.23 bits per heavy atom. The predicted octanol–water partition coefficient (Wildman–Crippen LogP) is 3.18. The molecule has 1 heterocycles. The van der Waals surface area contributed by atoms with E-state index in [0.717, 1.165) is 0 Å². The van der Waals surface area contributed by atoms with Crippen molar-refractivity contribution in [2.75, 3.05) is 0 Å². The van der Waals surface area contributed by atoms with Crippen molar-refractivity contribution in [1.82, 2.24) is 4.98 Å². The van der Waals surface area contributed by atoms with Crippen LogP contribution in [-0.2, 0) is 0 Å². The van der Waals surface area contributed by atoms with Crippen LogP contribution in [-0.4, -0.2) is 52.0 Å². The molecule has 22 heavy (non-hydrogen) atoms. The van der Waals surface area contributed by atoms with Gasteiger partial charge in [0.05, 0.1) is 5.56 Å². The minimum atomic E-state index is -4.72. The molecule has 0 spiro atoms. The normalized spacial score (nSPS) is 10.7. The van der Waals surface area contributed by atoms with Gasteiger partial charge in [-0.05, 0) is 36.4 Å². The van der Waals surface area contributed by atoms with Gasteiger partial charge in [-0.25, -0.2) is 9.78 Å². The first-order valence-electron chi connectivity index (χ1n) is 5.56. The van der Waals surface area contributed by atoms with Crippen LogP contribution in [0.3, 0.4) is 0 Å². The van der Waals surface area contributed by atoms with E-state index >= 15 is 0 Å². The fraction of sp³-hybridized carbons (Fsp3) is 0.0769. The molecule has 0 aliphatic heterocycles. The number of rotatable bonds is 4. The summed E-state index contributed by atoms with van der Waals surface area (Å²) in [5.41, 5.74) is 0.0632. The van der Waals surface area contributed by atoms with Crippen molar-refractivity contribution in [2.45, 2.75) is 16.3 Å². The summed E-state index contributed by atoms with van der Waals surface area (Å²) in [5, 5.41) is 9.27. The maximum atomic E-state index is 12.0. The van der Waals surface area contributed by atoms with Gasteiger partial charge in [0.2, 0.25) is 0 Å². The summed E-state index contributed by atoms with van der Waals surface area (Å²) in [6, 6.07) is 8.23. The number of hydrogen-bond donors (Lipinski definition) is 1. The average molecular weight is 339 g/mol. The molecule has 1 N–H and O–H groups in total. The van der Waals surface area contributed by atoms with Crippen molar-refractivity contribution in [3.63, 3.8) is 0 Å². The molecule has 1 aromatic carbocycles. The first-order valence-corrected chi connectivity index (χ1v) is 6.38. The molecule has 0 amide bonds. The van der Waals surface area contributed by atoms with E-state index in [2.05, 4.69) is 9.72 Å². The summed E-state index contributed by atoms with van der Waals surface area (Å²) in [6.07, 6.45) is -3.51. The SMILES string of the molecule is O=C(O)c1ccc(Sc2ccc(OC(F)(F)F)cc2)nc1.[NaH]. The Kier molecular flexibility index (Phi) is 6.73. The molecule has 0 fully saturated rings. The molecule has 0 unspecified atom stereocenters. The maximum absolute atomic E-state index is 12.0. The third-order valence-corrected chi connectivity index (χ3v) is 3.22. The van der Waals surface area contributed by atoms with E-state index in [4.69, 9.17) is 5.11 Å². The standard InChI is InChI=1S/C13H8F3NO3S.Na.H/c14-13(15,16)20-9-2-4-10(5-3-9)21-11-6-1-8(7-17-11)12(18)19;;/h1-7H,(H,18,19);;. The third kappa shape index (κ3) is 5.88. The molecule has 0 atom stereocenters. The summed E-state index contributed by atoms with van der Waals surface area (Å²) in [7, 11) is 0. The molecule has 0 aliphatic carbocycles. The van der Waals surface area contributed by atoms with Crippen LogP contribution in [0.2, 0.25) is 0 Å². The molecular weight excluding hydrogens is 330 g/mol. The molecule has 2 aromatic rings. The molecule has 1 aromatic heterocycles. The van der Waals surface area contributed by atoms with E-state index in [1.807, 2.05) is 0 Å². The van der Waals surface area contributed by atoms with Crippen LogP contribution in [0.1, 0.15) is 10.4 Å². The number of ether oxygens (including phenoxy) is 1. The van der Waals surface area contributed by atoms with Gasteiger partial charge >= 0.3 is 41.9 Å². The number of benzene rings is 1. The Hall–Kier alpha value is -1.22. The van der Waals surface area contributed by atoms with Crippen molar-refractivity contribution < 1.29 is 27.8 Å². The number of carboxylic acids is 1. The molecule has 0 saturated carbocycles. The van der Waals surface area contributed by atoms with Gasteiger partial charge in [0.1, 0.15) is 10.8 Å². The van der Waals surface area contributed by atoms with Gasteiger partial charge in [0.15, 0.2) is 0 Å². The minimum absolute atomic E-state index is 0. The first-order chi connectivity index (χ1) is 9.83. The number of alkyl halides is 3. The molecule has 0 saturated heterocycles. The van der Waals surface area contributed by atoms with Crippen LogP contribution < -0.4 is 4.74 Å². The predicted molar refractivity (Wildman–Crippen MR) is 75.6 cm³/mol. The van der Waals surface area contributed by atoms with Crippen molar-refractivity contribution >= 4 is 47.3 Å². The Morgan fingerprint density at radius 1 is 1.14 bits per heavy atom. The van der Waals surface area contributed by atoms with Crippen molar-refractivity contribution in [3.05, 3.63) is 48.2 Å². The number of hydrogen-bond acceptors (Lipinski definition) is 4. The zero-order chi connectivity index (χ0) is 15.5. The Morgan fingerprint density at radius 2 is 1.77 bits per heavy atom. The van der Waals surface area contributed by atoms with Gasteiger partial charge < -0.3 is 9.84 Å². The van der Waals surface area contributed by atoms with Crippen molar-refractivity contribution in [1.29, 1.82) is 0 Å². The van der Waals surface area contributed by atoms with Crippen LogP contribution in [0.15, 0.2) is 52.5 Å². The summed E-state index contributed by atoms with van der Waals surface area (Å²) < 4.78 is 39.8. The third-order valence-electron chi connectivity index (χ3n) is 2.26. The summed E-state index contributed by atoms with van der Waals surface area (Å²) >= 11 is 1.19. The van der Waals surface area contributed by atoms with Crippen LogP contribution in [0.4, 0.5) is 13.2 Å². The number of halogens is 3. The fourth-order valence-corrected chi connectivity index (χ4v) is 2.15. The monoisotopic (exact) mass is 339 g/mol. The Labute approximate surface area is 150 Å². The number of aromatic nitrogens is 1. The van der Waals surface area contributed by atoms with Crippen LogP contribution in [0.5, 0.6) is 5.75 Å². The van der Waals surface area contributed by atoms with Crippen LogP contribution >= 0.6 is 11.8 Å². The average Bonchev–Trinajstić information content (AvgIpc) is 2.40. The van der Waals surface area contributed by atoms with E-state index in [9.17, 15) is 18.0 Å². The Balaban J connectivity index is 0.00000242. The first kappa shape index (κ1) is 18.8. The number of nitrogens with zero attached hydrogens (tertiary/aromatic N) is 1. The topological polar surface area (TPSA) is 59.4 Å². The van der Waals surface area contributed by atoms with E-state index in [1.54, 1.807) is 0 Å². The van der Waals surface area contributed by atoms with Gasteiger partial charge in [0.25, 0.3) is 0 Å². The van der Waals surface area contributed by atoms with Crippen molar-refractivity contribution in [3.8, 4) is 5.75 Å².